The van der Waals surface area contributed by atoms with Gasteiger partial charge < -0.3 is 15.3 Å². The quantitative estimate of drug-likeness (QED) is 0.0648. The van der Waals surface area contributed by atoms with Gasteiger partial charge in [0.2, 0.25) is 0 Å². The van der Waals surface area contributed by atoms with Crippen molar-refractivity contribution >= 4 is 17.9 Å². The second kappa shape index (κ2) is 21.1. The highest BCUT2D eigenvalue weighted by atomic mass is 16.4. The van der Waals surface area contributed by atoms with Gasteiger partial charge in [0.25, 0.3) is 0 Å². The highest BCUT2D eigenvalue weighted by molar-refractivity contribution is 5.78. The predicted molar refractivity (Wildman–Crippen MR) is 150 cm³/mol. The first-order chi connectivity index (χ1) is 17.7. The Hall–Kier alpha value is -1.89. The number of nitrogens with zero attached hydrogens (tertiary/aromatic N) is 1. The fourth-order valence-corrected chi connectivity index (χ4v) is 5.74. The van der Waals surface area contributed by atoms with Gasteiger partial charge in [0, 0.05) is 19.3 Å². The van der Waals surface area contributed by atoms with Gasteiger partial charge in [0.05, 0.1) is 6.54 Å². The third kappa shape index (κ3) is 12.5. The first kappa shape index (κ1) is 35.1. The van der Waals surface area contributed by atoms with Crippen LogP contribution in [0.5, 0.6) is 0 Å². The Morgan fingerprint density at radius 1 is 0.541 bits per heavy atom. The van der Waals surface area contributed by atoms with Gasteiger partial charge in [0.1, 0.15) is 0 Å². The van der Waals surface area contributed by atoms with E-state index in [0.29, 0.717) is 25.7 Å². The number of quaternary nitrogens is 1. The fourth-order valence-electron chi connectivity index (χ4n) is 5.74. The van der Waals surface area contributed by atoms with Crippen LogP contribution in [-0.2, 0) is 14.4 Å². The number of carbonyl (C=O) groups is 3. The van der Waals surface area contributed by atoms with Gasteiger partial charge in [-0.25, -0.2) is 14.4 Å². The van der Waals surface area contributed by atoms with Gasteiger partial charge in [-0.1, -0.05) is 78.4 Å². The molecule has 0 aliphatic rings. The molecule has 7 nitrogen and oxygen atoms in total. The predicted octanol–water partition coefficient (Wildman–Crippen LogP) is 7.43. The van der Waals surface area contributed by atoms with E-state index >= 15 is 0 Å². The molecule has 0 heterocycles. The van der Waals surface area contributed by atoms with Crippen LogP contribution in [0.25, 0.3) is 0 Å². The number of rotatable bonds is 25. The molecule has 3 N–H and O–H groups in total. The van der Waals surface area contributed by atoms with Crippen molar-refractivity contribution < 1.29 is 34.2 Å². The topological polar surface area (TPSA) is 112 Å². The molecule has 0 spiro atoms. The number of unbranched alkanes of at least 4 members (excludes halogenated alkanes) is 9. The summed E-state index contributed by atoms with van der Waals surface area (Å²) in [6.07, 6.45) is 18.9. The first-order valence-electron chi connectivity index (χ1n) is 14.9. The number of carboxylic acid groups (broad SMARTS) is 3. The van der Waals surface area contributed by atoms with Crippen molar-refractivity contribution in [2.75, 3.05) is 6.54 Å². The van der Waals surface area contributed by atoms with Crippen molar-refractivity contribution in [3.05, 3.63) is 12.2 Å². The van der Waals surface area contributed by atoms with Crippen LogP contribution in [0, 0.1) is 0 Å². The zero-order valence-corrected chi connectivity index (χ0v) is 24.1. The molecule has 0 rings (SSSR count). The normalized spacial score (nSPS) is 15.8. The number of hydrogen-bond acceptors (Lipinski definition) is 3. The lowest BCUT2D eigenvalue weighted by molar-refractivity contribution is -0.973. The monoisotopic (exact) mass is 526 g/mol. The van der Waals surface area contributed by atoms with Crippen LogP contribution in [0.2, 0.25) is 0 Å². The highest BCUT2D eigenvalue weighted by Crippen LogP contribution is 2.34. The molecule has 0 aliphatic carbocycles. The zero-order chi connectivity index (χ0) is 28.1. The van der Waals surface area contributed by atoms with Crippen LogP contribution in [-0.4, -0.2) is 62.4 Å². The summed E-state index contributed by atoms with van der Waals surface area (Å²) in [5.41, 5.74) is 0. The van der Waals surface area contributed by atoms with E-state index in [-0.39, 0.29) is 30.3 Å². The molecule has 0 aromatic rings. The molecule has 7 heteroatoms. The number of allylic oxidation sites excluding steroid dienone is 2. The summed E-state index contributed by atoms with van der Waals surface area (Å²) in [6.45, 7) is 8.09. The van der Waals surface area contributed by atoms with Crippen molar-refractivity contribution in [2.24, 2.45) is 0 Å². The van der Waals surface area contributed by atoms with Gasteiger partial charge >= 0.3 is 17.9 Å². The smallest absolute Gasteiger partial charge is 0.362 e. The Balaban J connectivity index is 5.46. The largest absolute Gasteiger partial charge is 0.477 e. The van der Waals surface area contributed by atoms with Crippen LogP contribution in [0.4, 0.5) is 0 Å². The maximum Gasteiger partial charge on any atom is 0.362 e. The van der Waals surface area contributed by atoms with Crippen LogP contribution < -0.4 is 0 Å². The molecule has 0 aliphatic heterocycles. The lowest BCUT2D eigenvalue weighted by atomic mass is 9.91. The molecule has 0 saturated heterocycles. The Kier molecular flexibility index (Phi) is 20.0. The summed E-state index contributed by atoms with van der Waals surface area (Å²) in [5, 5.41) is 30.7. The van der Waals surface area contributed by atoms with Crippen molar-refractivity contribution in [1.82, 2.24) is 0 Å². The molecule has 37 heavy (non-hydrogen) atoms. The Morgan fingerprint density at radius 2 is 0.892 bits per heavy atom. The molecule has 0 aromatic heterocycles. The molecule has 0 fully saturated rings. The minimum absolute atomic E-state index is 0.267. The van der Waals surface area contributed by atoms with Crippen molar-refractivity contribution in [3.8, 4) is 0 Å². The summed E-state index contributed by atoms with van der Waals surface area (Å²) in [6, 6.07) is -3.14. The molecule has 0 radical (unpaired) electrons. The molecule has 0 saturated carbocycles. The second-order valence-electron chi connectivity index (χ2n) is 10.5. The average Bonchev–Trinajstić information content (AvgIpc) is 2.85. The van der Waals surface area contributed by atoms with Crippen molar-refractivity contribution in [3.63, 3.8) is 0 Å². The van der Waals surface area contributed by atoms with Crippen LogP contribution >= 0.6 is 0 Å². The third-order valence-electron chi connectivity index (χ3n) is 7.59. The second-order valence-corrected chi connectivity index (χ2v) is 10.5. The minimum Gasteiger partial charge on any atom is -0.477 e. The summed E-state index contributed by atoms with van der Waals surface area (Å²) in [7, 11) is 0. The maximum atomic E-state index is 12.5. The molecular weight excluding hydrogens is 470 g/mol. The maximum absolute atomic E-state index is 12.5. The van der Waals surface area contributed by atoms with E-state index in [9.17, 15) is 29.7 Å². The summed E-state index contributed by atoms with van der Waals surface area (Å²) < 4.78 is -0.375. The molecule has 3 atom stereocenters. The Labute approximate surface area is 225 Å². The fraction of sp³-hybridized carbons (Fsp3) is 0.833. The average molecular weight is 527 g/mol. The minimum atomic E-state index is -1.09. The molecule has 0 aromatic carbocycles. The van der Waals surface area contributed by atoms with Crippen LogP contribution in [0.1, 0.15) is 137 Å². The zero-order valence-electron chi connectivity index (χ0n) is 24.1. The Bertz CT molecular complexity index is 603. The Morgan fingerprint density at radius 3 is 1.24 bits per heavy atom. The van der Waals surface area contributed by atoms with Gasteiger partial charge in [-0.3, -0.25) is 4.48 Å². The van der Waals surface area contributed by atoms with E-state index < -0.39 is 36.0 Å². The highest BCUT2D eigenvalue weighted by Gasteiger charge is 2.56. The van der Waals surface area contributed by atoms with Crippen LogP contribution in [0.15, 0.2) is 12.2 Å². The third-order valence-corrected chi connectivity index (χ3v) is 7.59. The van der Waals surface area contributed by atoms with E-state index in [1.807, 2.05) is 20.8 Å². The first-order valence-corrected chi connectivity index (χ1v) is 14.9. The van der Waals surface area contributed by atoms with Gasteiger partial charge in [0.15, 0.2) is 18.1 Å². The summed E-state index contributed by atoms with van der Waals surface area (Å²) in [5.74, 6) is -3.26. The number of hydrogen-bond donors (Lipinski definition) is 3. The van der Waals surface area contributed by atoms with E-state index in [0.717, 1.165) is 32.1 Å². The standard InChI is InChI=1S/C30H55NO6/c1-5-9-10-11-12-13-14-15-16-17-18-19-20-24-31(25(21-6-2)28(32)33,26(22-7-3)29(34)35)27(23-8-4)30(36)37/h11-12,25-27H,5-10,13-24H2,1-4H3,(H2-,32,33,34,35,36,37)/p+1/b12-11+. The summed E-state index contributed by atoms with van der Waals surface area (Å²) >= 11 is 0. The number of aliphatic carboxylic acids is 3. The summed E-state index contributed by atoms with van der Waals surface area (Å²) in [4.78, 5) is 37.6. The van der Waals surface area contributed by atoms with Crippen LogP contribution in [0.3, 0.4) is 0 Å². The molecular formula is C30H56NO6+. The lowest BCUT2D eigenvalue weighted by Crippen LogP contribution is -2.72. The van der Waals surface area contributed by atoms with E-state index in [2.05, 4.69) is 19.1 Å². The molecule has 3 unspecified atom stereocenters. The molecule has 0 amide bonds. The lowest BCUT2D eigenvalue weighted by Gasteiger charge is -2.50. The molecule has 216 valence electrons. The van der Waals surface area contributed by atoms with Gasteiger partial charge in [-0.2, -0.15) is 0 Å². The van der Waals surface area contributed by atoms with Crippen molar-refractivity contribution in [1.29, 1.82) is 0 Å². The number of carboxylic acids is 3. The van der Waals surface area contributed by atoms with Crippen molar-refractivity contribution in [2.45, 2.75) is 155 Å². The van der Waals surface area contributed by atoms with E-state index in [1.165, 1.54) is 32.1 Å². The van der Waals surface area contributed by atoms with Gasteiger partial charge in [-0.05, 0) is 51.4 Å². The van der Waals surface area contributed by atoms with E-state index in [1.54, 1.807) is 0 Å². The molecule has 0 bridgehead atoms. The SMILES string of the molecule is CCCC/C=C/CCCCCCCCC[N+](C(CCC)C(=O)O)(C(CCC)C(=O)O)C(CCC)C(=O)O. The van der Waals surface area contributed by atoms with E-state index in [4.69, 9.17) is 0 Å². The van der Waals surface area contributed by atoms with Gasteiger partial charge in [-0.15, -0.1) is 0 Å².